The van der Waals surface area contributed by atoms with E-state index in [0.29, 0.717) is 12.2 Å². The van der Waals surface area contributed by atoms with Crippen LogP contribution in [0.1, 0.15) is 45.4 Å². The molecule has 0 fully saturated rings. The molecule has 5 heteroatoms. The summed E-state index contributed by atoms with van der Waals surface area (Å²) >= 11 is 0. The number of amides is 2. The Bertz CT molecular complexity index is 446. The number of unbranched alkanes of at least 4 members (excludes halogenated alkanes) is 5. The van der Waals surface area contributed by atoms with E-state index in [0.717, 1.165) is 19.3 Å². The molecule has 0 aliphatic heterocycles. The largest absolute Gasteiger partial charge is 0.348 e. The zero-order chi connectivity index (χ0) is 15.5. The van der Waals surface area contributed by atoms with E-state index in [2.05, 4.69) is 17.6 Å². The van der Waals surface area contributed by atoms with Crippen molar-refractivity contribution >= 4 is 17.5 Å². The lowest BCUT2D eigenvalue weighted by Gasteiger charge is -2.06. The van der Waals surface area contributed by atoms with Gasteiger partial charge in [0.15, 0.2) is 0 Å². The van der Waals surface area contributed by atoms with Crippen LogP contribution in [0.3, 0.4) is 0 Å². The fraction of sp³-hybridized carbons (Fsp3) is 0.500. The van der Waals surface area contributed by atoms with Crippen LogP contribution in [-0.4, -0.2) is 18.4 Å². The molecule has 0 radical (unpaired) electrons. The number of benzene rings is 1. The number of anilines is 1. The van der Waals surface area contributed by atoms with Crippen LogP contribution < -0.4 is 10.6 Å². The maximum Gasteiger partial charge on any atom is 0.313 e. The van der Waals surface area contributed by atoms with Gasteiger partial charge in [0.05, 0.1) is 0 Å². The predicted molar refractivity (Wildman–Crippen MR) is 81.4 cm³/mol. The predicted octanol–water partition coefficient (Wildman–Crippen LogP) is 3.24. The van der Waals surface area contributed by atoms with E-state index >= 15 is 0 Å². The number of carbonyl (C=O) groups excluding carboxylic acids is 2. The second-order valence-corrected chi connectivity index (χ2v) is 4.98. The number of rotatable bonds is 8. The molecule has 1 aromatic carbocycles. The lowest BCUT2D eigenvalue weighted by atomic mass is 10.1. The Morgan fingerprint density at radius 1 is 0.952 bits per heavy atom. The van der Waals surface area contributed by atoms with Crippen LogP contribution in [0.15, 0.2) is 24.3 Å². The number of hydrogen-bond donors (Lipinski definition) is 2. The zero-order valence-electron chi connectivity index (χ0n) is 12.5. The van der Waals surface area contributed by atoms with Crippen molar-refractivity contribution in [3.05, 3.63) is 30.1 Å². The molecule has 21 heavy (non-hydrogen) atoms. The Morgan fingerprint density at radius 3 is 2.24 bits per heavy atom. The molecule has 0 aromatic heterocycles. The molecular weight excluding hydrogens is 271 g/mol. The average Bonchev–Trinajstić information content (AvgIpc) is 2.48. The van der Waals surface area contributed by atoms with Crippen molar-refractivity contribution < 1.29 is 14.0 Å². The minimum absolute atomic E-state index is 0.388. The van der Waals surface area contributed by atoms with Crippen LogP contribution >= 0.6 is 0 Å². The number of halogens is 1. The van der Waals surface area contributed by atoms with Crippen molar-refractivity contribution in [3.63, 3.8) is 0 Å². The minimum Gasteiger partial charge on any atom is -0.348 e. The van der Waals surface area contributed by atoms with Crippen LogP contribution in [0, 0.1) is 5.82 Å². The Labute approximate surface area is 125 Å². The summed E-state index contributed by atoms with van der Waals surface area (Å²) in [5.41, 5.74) is 0.399. The molecule has 0 aliphatic rings. The second-order valence-electron chi connectivity index (χ2n) is 4.98. The average molecular weight is 294 g/mol. The van der Waals surface area contributed by atoms with Gasteiger partial charge in [0.25, 0.3) is 0 Å². The highest BCUT2D eigenvalue weighted by molar-refractivity contribution is 6.39. The topological polar surface area (TPSA) is 58.2 Å². The quantitative estimate of drug-likeness (QED) is 0.571. The van der Waals surface area contributed by atoms with Gasteiger partial charge in [-0.1, -0.05) is 39.0 Å². The monoisotopic (exact) mass is 294 g/mol. The van der Waals surface area contributed by atoms with Gasteiger partial charge in [0.2, 0.25) is 0 Å². The maximum absolute atomic E-state index is 12.7. The minimum atomic E-state index is -0.729. The number of hydrogen-bond acceptors (Lipinski definition) is 2. The second kappa shape index (κ2) is 9.91. The highest BCUT2D eigenvalue weighted by atomic mass is 19.1. The number of nitrogens with one attached hydrogen (secondary N) is 2. The summed E-state index contributed by atoms with van der Waals surface area (Å²) in [7, 11) is 0. The third kappa shape index (κ3) is 7.44. The van der Waals surface area contributed by atoms with Crippen LogP contribution in [0.5, 0.6) is 0 Å². The van der Waals surface area contributed by atoms with Gasteiger partial charge >= 0.3 is 11.8 Å². The van der Waals surface area contributed by atoms with E-state index in [1.54, 1.807) is 0 Å². The first-order valence-electron chi connectivity index (χ1n) is 7.48. The molecule has 0 bridgehead atoms. The van der Waals surface area contributed by atoms with Gasteiger partial charge in [-0.15, -0.1) is 0 Å². The summed E-state index contributed by atoms with van der Waals surface area (Å²) in [5, 5.41) is 5.00. The lowest BCUT2D eigenvalue weighted by Crippen LogP contribution is -2.35. The van der Waals surface area contributed by atoms with E-state index in [1.807, 2.05) is 0 Å². The molecule has 116 valence electrons. The van der Waals surface area contributed by atoms with Crippen LogP contribution in [0.2, 0.25) is 0 Å². The van der Waals surface area contributed by atoms with Crippen molar-refractivity contribution in [1.82, 2.24) is 5.32 Å². The SMILES string of the molecule is CCCCCCCCNC(=O)C(=O)Nc1ccc(F)cc1. The molecule has 1 rings (SSSR count). The van der Waals surface area contributed by atoms with E-state index in [1.165, 1.54) is 43.5 Å². The molecule has 4 nitrogen and oxygen atoms in total. The normalized spacial score (nSPS) is 10.2. The first-order chi connectivity index (χ1) is 10.1. The fourth-order valence-corrected chi connectivity index (χ4v) is 1.91. The molecule has 0 unspecified atom stereocenters. The Kier molecular flexibility index (Phi) is 8.09. The summed E-state index contributed by atoms with van der Waals surface area (Å²) in [6.45, 7) is 2.67. The summed E-state index contributed by atoms with van der Waals surface area (Å²) in [4.78, 5) is 23.1. The lowest BCUT2D eigenvalue weighted by molar-refractivity contribution is -0.136. The first kappa shape index (κ1) is 17.1. The van der Waals surface area contributed by atoms with Crippen molar-refractivity contribution in [2.45, 2.75) is 45.4 Å². The van der Waals surface area contributed by atoms with Gasteiger partial charge in [-0.2, -0.15) is 0 Å². The van der Waals surface area contributed by atoms with Gasteiger partial charge in [0, 0.05) is 12.2 Å². The Balaban J connectivity index is 2.16. The summed E-state index contributed by atoms with van der Waals surface area (Å²) < 4.78 is 12.7. The highest BCUT2D eigenvalue weighted by Crippen LogP contribution is 2.08. The van der Waals surface area contributed by atoms with E-state index in [4.69, 9.17) is 0 Å². The molecule has 2 N–H and O–H groups in total. The summed E-state index contributed by atoms with van der Waals surface area (Å²) in [6.07, 6.45) is 6.76. The van der Waals surface area contributed by atoms with E-state index in [-0.39, 0.29) is 5.82 Å². The van der Waals surface area contributed by atoms with Gasteiger partial charge in [0.1, 0.15) is 5.82 Å². The van der Waals surface area contributed by atoms with Gasteiger partial charge in [-0.05, 0) is 30.7 Å². The molecule has 0 atom stereocenters. The fourth-order valence-electron chi connectivity index (χ4n) is 1.91. The molecule has 0 saturated heterocycles. The van der Waals surface area contributed by atoms with Gasteiger partial charge < -0.3 is 10.6 Å². The number of carbonyl (C=O) groups is 2. The Morgan fingerprint density at radius 2 is 1.57 bits per heavy atom. The van der Waals surface area contributed by atoms with Crippen LogP contribution in [-0.2, 0) is 9.59 Å². The van der Waals surface area contributed by atoms with Crippen LogP contribution in [0.25, 0.3) is 0 Å². The van der Waals surface area contributed by atoms with Crippen molar-refractivity contribution in [3.8, 4) is 0 Å². The maximum atomic E-state index is 12.7. The van der Waals surface area contributed by atoms with E-state index < -0.39 is 11.8 Å². The van der Waals surface area contributed by atoms with Gasteiger partial charge in [-0.25, -0.2) is 4.39 Å². The standard InChI is InChI=1S/C16H23FN2O2/c1-2-3-4-5-6-7-12-18-15(20)16(21)19-14-10-8-13(17)9-11-14/h8-11H,2-7,12H2,1H3,(H,18,20)(H,19,21). The Hall–Kier alpha value is -1.91. The summed E-state index contributed by atoms with van der Waals surface area (Å²) in [6, 6.07) is 5.27. The molecule has 0 heterocycles. The third-order valence-corrected chi connectivity index (χ3v) is 3.12. The van der Waals surface area contributed by atoms with Crippen molar-refractivity contribution in [1.29, 1.82) is 0 Å². The smallest absolute Gasteiger partial charge is 0.313 e. The van der Waals surface area contributed by atoms with Gasteiger partial charge in [-0.3, -0.25) is 9.59 Å². The molecule has 2 amide bonds. The molecular formula is C16H23FN2O2. The van der Waals surface area contributed by atoms with E-state index in [9.17, 15) is 14.0 Å². The highest BCUT2D eigenvalue weighted by Gasteiger charge is 2.12. The molecule has 0 saturated carbocycles. The van der Waals surface area contributed by atoms with Crippen molar-refractivity contribution in [2.75, 3.05) is 11.9 Å². The van der Waals surface area contributed by atoms with Crippen LogP contribution in [0.4, 0.5) is 10.1 Å². The third-order valence-electron chi connectivity index (χ3n) is 3.12. The van der Waals surface area contributed by atoms with Crippen molar-refractivity contribution in [2.24, 2.45) is 0 Å². The molecule has 0 spiro atoms. The molecule has 0 aliphatic carbocycles. The first-order valence-corrected chi connectivity index (χ1v) is 7.48. The molecule has 1 aromatic rings. The summed E-state index contributed by atoms with van der Waals surface area (Å²) in [5.74, 6) is -1.78. The zero-order valence-corrected chi connectivity index (χ0v) is 12.5.